The summed E-state index contributed by atoms with van der Waals surface area (Å²) in [6, 6.07) is 16.9. The van der Waals surface area contributed by atoms with Gasteiger partial charge in [0.1, 0.15) is 18.0 Å². The van der Waals surface area contributed by atoms with Gasteiger partial charge in [0.05, 0.1) is 0 Å². The van der Waals surface area contributed by atoms with Crippen molar-refractivity contribution in [2.24, 2.45) is 0 Å². The van der Waals surface area contributed by atoms with E-state index in [0.29, 0.717) is 17.2 Å². The van der Waals surface area contributed by atoms with E-state index in [4.69, 9.17) is 0 Å². The molecular formula is C18H15BrN4O. The summed E-state index contributed by atoms with van der Waals surface area (Å²) in [7, 11) is 0. The van der Waals surface area contributed by atoms with Gasteiger partial charge in [-0.15, -0.1) is 0 Å². The minimum Gasteiger partial charge on any atom is -0.340 e. The van der Waals surface area contributed by atoms with Crippen molar-refractivity contribution in [1.29, 1.82) is 0 Å². The van der Waals surface area contributed by atoms with Gasteiger partial charge in [-0.05, 0) is 37.3 Å². The number of Topliss-reactive ketones (excluding diaryl/α,β-unsaturated/α-hetero) is 1. The fraction of sp³-hybridized carbons (Fsp3) is 0.0556. The minimum atomic E-state index is 0.0262. The SMILES string of the molecule is CC(=O)c1cccc(Nc2cc(Nc3cccc(Br)c3)ncn2)c1. The number of hydrogen-bond donors (Lipinski definition) is 2. The molecule has 2 N–H and O–H groups in total. The molecule has 1 heterocycles. The Balaban J connectivity index is 1.78. The first-order chi connectivity index (χ1) is 11.6. The molecule has 3 aromatic rings. The molecule has 0 aliphatic carbocycles. The van der Waals surface area contributed by atoms with E-state index in [0.717, 1.165) is 15.8 Å². The van der Waals surface area contributed by atoms with Gasteiger partial charge in [0.15, 0.2) is 5.78 Å². The molecule has 0 saturated heterocycles. The van der Waals surface area contributed by atoms with Gasteiger partial charge in [-0.2, -0.15) is 0 Å². The van der Waals surface area contributed by atoms with Gasteiger partial charge < -0.3 is 10.6 Å². The molecule has 120 valence electrons. The molecule has 2 aromatic carbocycles. The van der Waals surface area contributed by atoms with Crippen molar-refractivity contribution in [3.05, 3.63) is 71.0 Å². The highest BCUT2D eigenvalue weighted by atomic mass is 79.9. The lowest BCUT2D eigenvalue weighted by atomic mass is 10.1. The first-order valence-corrected chi connectivity index (χ1v) is 8.12. The van der Waals surface area contributed by atoms with Gasteiger partial charge in [-0.1, -0.05) is 34.1 Å². The number of nitrogens with zero attached hydrogens (tertiary/aromatic N) is 2. The molecule has 0 fully saturated rings. The third-order valence-corrected chi connectivity index (χ3v) is 3.80. The summed E-state index contributed by atoms with van der Waals surface area (Å²) in [5.74, 6) is 1.34. The molecule has 0 bridgehead atoms. The smallest absolute Gasteiger partial charge is 0.159 e. The second-order valence-electron chi connectivity index (χ2n) is 5.19. The van der Waals surface area contributed by atoms with E-state index >= 15 is 0 Å². The highest BCUT2D eigenvalue weighted by molar-refractivity contribution is 9.10. The van der Waals surface area contributed by atoms with Crippen molar-refractivity contribution in [3.8, 4) is 0 Å². The Kier molecular flexibility index (Phi) is 4.86. The Morgan fingerprint density at radius 3 is 2.17 bits per heavy atom. The van der Waals surface area contributed by atoms with Crippen molar-refractivity contribution in [3.63, 3.8) is 0 Å². The van der Waals surface area contributed by atoms with Crippen LogP contribution in [0.15, 0.2) is 65.4 Å². The van der Waals surface area contributed by atoms with Gasteiger partial charge in [0, 0.05) is 27.5 Å². The Hall–Kier alpha value is -2.73. The van der Waals surface area contributed by atoms with Crippen molar-refractivity contribution >= 4 is 44.7 Å². The zero-order valence-electron chi connectivity index (χ0n) is 13.0. The number of ketones is 1. The average Bonchev–Trinajstić information content (AvgIpc) is 2.55. The average molecular weight is 383 g/mol. The van der Waals surface area contributed by atoms with Crippen LogP contribution in [0.2, 0.25) is 0 Å². The maximum Gasteiger partial charge on any atom is 0.159 e. The quantitative estimate of drug-likeness (QED) is 0.612. The number of nitrogens with one attached hydrogen (secondary N) is 2. The molecule has 24 heavy (non-hydrogen) atoms. The normalized spacial score (nSPS) is 10.2. The van der Waals surface area contributed by atoms with Gasteiger partial charge in [0.25, 0.3) is 0 Å². The molecule has 0 aliphatic rings. The molecule has 6 heteroatoms. The van der Waals surface area contributed by atoms with Crippen molar-refractivity contribution < 1.29 is 4.79 Å². The Bertz CT molecular complexity index is 882. The third-order valence-electron chi connectivity index (χ3n) is 3.31. The molecule has 3 rings (SSSR count). The van der Waals surface area contributed by atoms with Crippen molar-refractivity contribution in [1.82, 2.24) is 9.97 Å². The molecule has 0 atom stereocenters. The van der Waals surface area contributed by atoms with Crippen molar-refractivity contribution in [2.75, 3.05) is 10.6 Å². The predicted octanol–water partition coefficient (Wildman–Crippen LogP) is 4.93. The van der Waals surface area contributed by atoms with Gasteiger partial charge in [0.2, 0.25) is 0 Å². The van der Waals surface area contributed by atoms with Crippen LogP contribution in [0.25, 0.3) is 0 Å². The number of hydrogen-bond acceptors (Lipinski definition) is 5. The molecule has 0 aliphatic heterocycles. The highest BCUT2D eigenvalue weighted by Crippen LogP contribution is 2.22. The number of benzene rings is 2. The fourth-order valence-electron chi connectivity index (χ4n) is 2.17. The molecule has 0 saturated carbocycles. The largest absolute Gasteiger partial charge is 0.340 e. The lowest BCUT2D eigenvalue weighted by molar-refractivity contribution is 0.101. The summed E-state index contributed by atoms with van der Waals surface area (Å²) in [5, 5.41) is 6.41. The van der Waals surface area contributed by atoms with E-state index in [-0.39, 0.29) is 5.78 Å². The molecule has 5 nitrogen and oxygen atoms in total. The van der Waals surface area contributed by atoms with Crippen LogP contribution in [0.5, 0.6) is 0 Å². The van der Waals surface area contributed by atoms with E-state index in [1.165, 1.54) is 6.33 Å². The molecule has 0 unspecified atom stereocenters. The Labute approximate surface area is 148 Å². The molecule has 1 aromatic heterocycles. The third kappa shape index (κ3) is 4.17. The van der Waals surface area contributed by atoms with Crippen LogP contribution in [0, 0.1) is 0 Å². The van der Waals surface area contributed by atoms with Crippen LogP contribution in [0.3, 0.4) is 0 Å². The van der Waals surface area contributed by atoms with Gasteiger partial charge in [-0.3, -0.25) is 4.79 Å². The second kappa shape index (κ2) is 7.23. The Morgan fingerprint density at radius 1 is 0.917 bits per heavy atom. The summed E-state index contributed by atoms with van der Waals surface area (Å²) in [6.07, 6.45) is 1.48. The number of halogens is 1. The molecular weight excluding hydrogens is 368 g/mol. The monoisotopic (exact) mass is 382 g/mol. The van der Waals surface area contributed by atoms with Crippen LogP contribution in [0.1, 0.15) is 17.3 Å². The van der Waals surface area contributed by atoms with E-state index in [1.54, 1.807) is 25.1 Å². The first-order valence-electron chi connectivity index (χ1n) is 7.33. The van der Waals surface area contributed by atoms with Crippen LogP contribution in [-0.4, -0.2) is 15.8 Å². The van der Waals surface area contributed by atoms with Gasteiger partial charge in [-0.25, -0.2) is 9.97 Å². The molecule has 0 amide bonds. The maximum atomic E-state index is 11.5. The predicted molar refractivity (Wildman–Crippen MR) is 99.2 cm³/mol. The van der Waals surface area contributed by atoms with Crippen LogP contribution < -0.4 is 10.6 Å². The maximum absolute atomic E-state index is 11.5. The molecule has 0 spiro atoms. The first kappa shape index (κ1) is 16.1. The molecule has 0 radical (unpaired) electrons. The Morgan fingerprint density at radius 2 is 1.54 bits per heavy atom. The summed E-state index contributed by atoms with van der Waals surface area (Å²) < 4.78 is 0.987. The number of anilines is 4. The summed E-state index contributed by atoms with van der Waals surface area (Å²) >= 11 is 3.44. The van der Waals surface area contributed by atoms with Gasteiger partial charge >= 0.3 is 0 Å². The zero-order valence-corrected chi connectivity index (χ0v) is 14.5. The number of carbonyl (C=O) groups is 1. The van der Waals surface area contributed by atoms with E-state index in [9.17, 15) is 4.79 Å². The summed E-state index contributed by atoms with van der Waals surface area (Å²) in [5.41, 5.74) is 2.38. The lowest BCUT2D eigenvalue weighted by Gasteiger charge is -2.09. The number of rotatable bonds is 5. The van der Waals surface area contributed by atoms with Crippen LogP contribution >= 0.6 is 15.9 Å². The summed E-state index contributed by atoms with van der Waals surface area (Å²) in [4.78, 5) is 19.9. The topological polar surface area (TPSA) is 66.9 Å². The number of aromatic nitrogens is 2. The lowest BCUT2D eigenvalue weighted by Crippen LogP contribution is -1.99. The highest BCUT2D eigenvalue weighted by Gasteiger charge is 2.03. The van der Waals surface area contributed by atoms with Crippen LogP contribution in [-0.2, 0) is 0 Å². The zero-order chi connectivity index (χ0) is 16.9. The van der Waals surface area contributed by atoms with E-state index < -0.39 is 0 Å². The van der Waals surface area contributed by atoms with E-state index in [2.05, 4.69) is 36.5 Å². The van der Waals surface area contributed by atoms with Crippen LogP contribution in [0.4, 0.5) is 23.0 Å². The minimum absolute atomic E-state index is 0.0262. The van der Waals surface area contributed by atoms with E-state index in [1.807, 2.05) is 36.4 Å². The van der Waals surface area contributed by atoms with Crippen molar-refractivity contribution in [2.45, 2.75) is 6.92 Å². The second-order valence-corrected chi connectivity index (χ2v) is 6.10. The summed E-state index contributed by atoms with van der Waals surface area (Å²) in [6.45, 7) is 1.55. The number of carbonyl (C=O) groups excluding carboxylic acids is 1. The standard InChI is InChI=1S/C18H15BrN4O/c1-12(24)13-4-2-6-15(8-13)22-17-10-18(21-11-20-17)23-16-7-3-5-14(19)9-16/h2-11H,1H3,(H2,20,21,22,23). The fourth-order valence-corrected chi connectivity index (χ4v) is 2.57.